The number of carbonyl (C=O) groups is 1. The van der Waals surface area contributed by atoms with Gasteiger partial charge in [-0.3, -0.25) is 4.79 Å². The Morgan fingerprint density at radius 1 is 1.13 bits per heavy atom. The molecule has 1 heterocycles. The highest BCUT2D eigenvalue weighted by Gasteiger charge is 2.38. The van der Waals surface area contributed by atoms with Gasteiger partial charge in [0.1, 0.15) is 11.8 Å². The third kappa shape index (κ3) is 4.45. The molecule has 166 valence electrons. The average Bonchev–Trinajstić information content (AvgIpc) is 3.16. The molecule has 7 nitrogen and oxygen atoms in total. The van der Waals surface area contributed by atoms with E-state index in [1.807, 2.05) is 30.5 Å². The number of nitrogens with zero attached hydrogens (tertiary/aromatic N) is 1. The van der Waals surface area contributed by atoms with Gasteiger partial charge in [-0.25, -0.2) is 8.42 Å². The van der Waals surface area contributed by atoms with Crippen molar-refractivity contribution in [1.82, 2.24) is 9.29 Å². The average molecular weight is 444 g/mol. The summed E-state index contributed by atoms with van der Waals surface area (Å²) in [6.07, 6.45) is 1.83. The predicted molar refractivity (Wildman–Crippen MR) is 121 cm³/mol. The van der Waals surface area contributed by atoms with Crippen LogP contribution in [0.3, 0.4) is 0 Å². The van der Waals surface area contributed by atoms with E-state index in [0.717, 1.165) is 16.5 Å². The van der Waals surface area contributed by atoms with Crippen molar-refractivity contribution in [3.8, 4) is 5.75 Å². The van der Waals surface area contributed by atoms with Crippen molar-refractivity contribution in [1.29, 1.82) is 0 Å². The normalized spacial score (nSPS) is 13.1. The minimum Gasteiger partial charge on any atom is -0.496 e. The van der Waals surface area contributed by atoms with E-state index >= 15 is 0 Å². The van der Waals surface area contributed by atoms with Gasteiger partial charge in [0.25, 0.3) is 0 Å². The minimum atomic E-state index is -4.04. The Balaban J connectivity index is 2.14. The third-order valence-corrected chi connectivity index (χ3v) is 7.44. The number of rotatable bonds is 8. The Morgan fingerprint density at radius 3 is 2.45 bits per heavy atom. The first-order valence-corrected chi connectivity index (χ1v) is 11.5. The molecule has 1 aromatic heterocycles. The molecule has 1 amide bonds. The number of aromatic amines is 1. The fraction of sp³-hybridized carbons (Fsp3) is 0.348. The monoisotopic (exact) mass is 443 g/mol. The van der Waals surface area contributed by atoms with Crippen LogP contribution in [0.5, 0.6) is 5.75 Å². The standard InChI is InChI=1S/C23H29N3O4S/c1-14(2)22(23(24)27)26(13-17-6-7-19-18(12-17)8-9-25-19)31(28,29)21-11-15(3)20(30-5)10-16(21)4/h6-12,14,22,25H,13H2,1-5H3,(H2,24,27)/t22-/m1/s1. The zero-order chi connectivity index (χ0) is 22.9. The number of primary amides is 1. The van der Waals surface area contributed by atoms with E-state index < -0.39 is 22.0 Å². The molecule has 0 unspecified atom stereocenters. The molecule has 3 N–H and O–H groups in total. The van der Waals surface area contributed by atoms with Crippen LogP contribution in [0.1, 0.15) is 30.5 Å². The highest BCUT2D eigenvalue weighted by atomic mass is 32.2. The van der Waals surface area contributed by atoms with Gasteiger partial charge in [-0.05, 0) is 72.2 Å². The van der Waals surface area contributed by atoms with Gasteiger partial charge >= 0.3 is 0 Å². The maximum atomic E-state index is 13.8. The number of H-pyrrole nitrogens is 1. The van der Waals surface area contributed by atoms with Gasteiger partial charge in [-0.2, -0.15) is 4.31 Å². The molecule has 0 bridgehead atoms. The summed E-state index contributed by atoms with van der Waals surface area (Å²) in [4.78, 5) is 15.6. The molecule has 1 atom stereocenters. The number of benzene rings is 2. The molecule has 0 saturated heterocycles. The summed E-state index contributed by atoms with van der Waals surface area (Å²) in [5.74, 6) is -0.372. The molecule has 0 saturated carbocycles. The van der Waals surface area contributed by atoms with E-state index in [4.69, 9.17) is 10.5 Å². The Labute approximate surface area is 183 Å². The second-order valence-corrected chi connectivity index (χ2v) is 9.99. The number of aromatic nitrogens is 1. The zero-order valence-electron chi connectivity index (χ0n) is 18.5. The quantitative estimate of drug-likeness (QED) is 0.556. The molecular formula is C23H29N3O4S. The number of methoxy groups -OCH3 is 1. The van der Waals surface area contributed by atoms with Crippen LogP contribution < -0.4 is 10.5 Å². The van der Waals surface area contributed by atoms with E-state index in [2.05, 4.69) is 4.98 Å². The van der Waals surface area contributed by atoms with Gasteiger partial charge in [-0.15, -0.1) is 0 Å². The van der Waals surface area contributed by atoms with Crippen molar-refractivity contribution in [3.63, 3.8) is 0 Å². The first-order chi connectivity index (χ1) is 14.6. The van der Waals surface area contributed by atoms with Crippen LogP contribution in [0.25, 0.3) is 10.9 Å². The van der Waals surface area contributed by atoms with Crippen molar-refractivity contribution in [3.05, 3.63) is 59.3 Å². The number of ether oxygens (including phenoxy) is 1. The largest absolute Gasteiger partial charge is 0.496 e. The molecule has 3 rings (SSSR count). The first kappa shape index (κ1) is 22.8. The lowest BCUT2D eigenvalue weighted by Crippen LogP contribution is -2.50. The van der Waals surface area contributed by atoms with Gasteiger partial charge < -0.3 is 15.5 Å². The van der Waals surface area contributed by atoms with Crippen molar-refractivity contribution in [2.24, 2.45) is 11.7 Å². The fourth-order valence-corrected chi connectivity index (χ4v) is 5.91. The fourth-order valence-electron chi connectivity index (χ4n) is 3.90. The van der Waals surface area contributed by atoms with Gasteiger partial charge in [0, 0.05) is 18.3 Å². The SMILES string of the molecule is COc1cc(C)c(S(=O)(=O)N(Cc2ccc3[nH]ccc3c2)[C@@H](C(N)=O)C(C)C)cc1C. The van der Waals surface area contributed by atoms with Crippen molar-refractivity contribution in [2.75, 3.05) is 7.11 Å². The highest BCUT2D eigenvalue weighted by Crippen LogP contribution is 2.31. The third-order valence-electron chi connectivity index (χ3n) is 5.47. The molecular weight excluding hydrogens is 414 g/mol. The predicted octanol–water partition coefficient (Wildman–Crippen LogP) is 3.49. The molecule has 3 aromatic rings. The maximum absolute atomic E-state index is 13.8. The van der Waals surface area contributed by atoms with E-state index in [-0.39, 0.29) is 17.4 Å². The zero-order valence-corrected chi connectivity index (χ0v) is 19.3. The smallest absolute Gasteiger partial charge is 0.244 e. The summed E-state index contributed by atoms with van der Waals surface area (Å²) in [6, 6.07) is 9.87. The number of hydrogen-bond donors (Lipinski definition) is 2. The van der Waals surface area contributed by atoms with Gasteiger partial charge in [0.15, 0.2) is 0 Å². The second-order valence-electron chi connectivity index (χ2n) is 8.13. The summed E-state index contributed by atoms with van der Waals surface area (Å²) in [6.45, 7) is 7.11. The molecule has 0 aliphatic carbocycles. The topological polar surface area (TPSA) is 105 Å². The summed E-state index contributed by atoms with van der Waals surface area (Å²) in [7, 11) is -2.49. The lowest BCUT2D eigenvalue weighted by molar-refractivity contribution is -0.123. The summed E-state index contributed by atoms with van der Waals surface area (Å²) in [5.41, 5.74) is 8.64. The Kier molecular flexibility index (Phi) is 6.43. The number of aryl methyl sites for hydroxylation is 2. The molecule has 0 radical (unpaired) electrons. The number of amides is 1. The van der Waals surface area contributed by atoms with Gasteiger partial charge in [0.2, 0.25) is 15.9 Å². The van der Waals surface area contributed by atoms with Crippen LogP contribution in [0.2, 0.25) is 0 Å². The van der Waals surface area contributed by atoms with Gasteiger partial charge in [-0.1, -0.05) is 19.9 Å². The Bertz CT molecular complexity index is 1210. The number of nitrogens with one attached hydrogen (secondary N) is 1. The van der Waals surface area contributed by atoms with Crippen LogP contribution in [-0.2, 0) is 21.4 Å². The van der Waals surface area contributed by atoms with Crippen LogP contribution in [0.4, 0.5) is 0 Å². The second kappa shape index (κ2) is 8.72. The van der Waals surface area contributed by atoms with E-state index in [1.54, 1.807) is 46.9 Å². The van der Waals surface area contributed by atoms with E-state index in [0.29, 0.717) is 16.9 Å². The van der Waals surface area contributed by atoms with Crippen molar-refractivity contribution in [2.45, 2.75) is 45.2 Å². The number of carbonyl (C=O) groups excluding carboxylic acids is 1. The van der Waals surface area contributed by atoms with Crippen molar-refractivity contribution < 1.29 is 17.9 Å². The molecule has 2 aromatic carbocycles. The van der Waals surface area contributed by atoms with Crippen LogP contribution in [0.15, 0.2) is 47.5 Å². The Morgan fingerprint density at radius 2 is 1.84 bits per heavy atom. The maximum Gasteiger partial charge on any atom is 0.244 e. The number of hydrogen-bond acceptors (Lipinski definition) is 4. The first-order valence-electron chi connectivity index (χ1n) is 10.1. The molecule has 0 fully saturated rings. The molecule has 0 aliphatic rings. The molecule has 8 heteroatoms. The van der Waals surface area contributed by atoms with Crippen LogP contribution >= 0.6 is 0 Å². The Hall–Kier alpha value is -2.84. The summed E-state index contributed by atoms with van der Waals surface area (Å²) in [5, 5.41) is 0.964. The molecule has 31 heavy (non-hydrogen) atoms. The number of fused-ring (bicyclic) bond motifs is 1. The number of sulfonamides is 1. The highest BCUT2D eigenvalue weighted by molar-refractivity contribution is 7.89. The summed E-state index contributed by atoms with van der Waals surface area (Å²) >= 11 is 0. The molecule has 0 aliphatic heterocycles. The van der Waals surface area contributed by atoms with Crippen LogP contribution in [-0.4, -0.2) is 36.8 Å². The van der Waals surface area contributed by atoms with Gasteiger partial charge in [0.05, 0.1) is 12.0 Å². The van der Waals surface area contributed by atoms with Crippen molar-refractivity contribution >= 4 is 26.8 Å². The molecule has 0 spiro atoms. The van der Waals surface area contributed by atoms with E-state index in [9.17, 15) is 13.2 Å². The van der Waals surface area contributed by atoms with Crippen LogP contribution in [0, 0.1) is 19.8 Å². The summed E-state index contributed by atoms with van der Waals surface area (Å²) < 4.78 is 34.2. The lowest BCUT2D eigenvalue weighted by Gasteiger charge is -2.32. The minimum absolute atomic E-state index is 0.0275. The number of nitrogens with two attached hydrogens (primary N) is 1. The lowest BCUT2D eigenvalue weighted by atomic mass is 10.0. The van der Waals surface area contributed by atoms with E-state index in [1.165, 1.54) is 4.31 Å².